The van der Waals surface area contributed by atoms with Crippen LogP contribution in [0, 0.1) is 5.92 Å². The Morgan fingerprint density at radius 1 is 1.31 bits per heavy atom. The molecule has 3 aliphatic rings. The zero-order valence-corrected chi connectivity index (χ0v) is 14.7. The first kappa shape index (κ1) is 16.9. The Hall–Kier alpha value is -2.55. The molecule has 9 heteroatoms. The van der Waals surface area contributed by atoms with Gasteiger partial charge in [0.05, 0.1) is 37.5 Å². The van der Waals surface area contributed by atoms with Crippen molar-refractivity contribution in [3.8, 4) is 0 Å². The summed E-state index contributed by atoms with van der Waals surface area (Å²) in [6, 6.07) is -0.291. The van der Waals surface area contributed by atoms with Gasteiger partial charge in [0.25, 0.3) is 11.8 Å². The number of likely N-dealkylation sites (tertiary alicyclic amines) is 1. The maximum Gasteiger partial charge on any atom is 0.274 e. The van der Waals surface area contributed by atoms with Gasteiger partial charge in [0.1, 0.15) is 11.4 Å². The first-order chi connectivity index (χ1) is 12.3. The van der Waals surface area contributed by atoms with E-state index in [1.54, 1.807) is 4.90 Å². The summed E-state index contributed by atoms with van der Waals surface area (Å²) in [6.07, 6.45) is 3.27. The number of nitrogens with zero attached hydrogens (tertiary/aromatic N) is 4. The van der Waals surface area contributed by atoms with Crippen LogP contribution in [0.25, 0.3) is 0 Å². The third kappa shape index (κ3) is 2.23. The maximum atomic E-state index is 12.9. The Morgan fingerprint density at radius 2 is 2.00 bits per heavy atom. The third-order valence-electron chi connectivity index (χ3n) is 5.64. The molecule has 26 heavy (non-hydrogen) atoms. The van der Waals surface area contributed by atoms with Crippen LogP contribution in [0.5, 0.6) is 0 Å². The number of hydrogen-bond donors (Lipinski definition) is 1. The quantitative estimate of drug-likeness (QED) is 0.796. The first-order valence-corrected chi connectivity index (χ1v) is 8.74. The molecule has 9 nitrogen and oxygen atoms in total. The molecule has 3 aliphatic heterocycles. The van der Waals surface area contributed by atoms with Gasteiger partial charge in [-0.2, -0.15) is 0 Å². The van der Waals surface area contributed by atoms with Crippen LogP contribution >= 0.6 is 0 Å². The van der Waals surface area contributed by atoms with Gasteiger partial charge >= 0.3 is 0 Å². The van der Waals surface area contributed by atoms with E-state index < -0.39 is 11.6 Å². The van der Waals surface area contributed by atoms with E-state index in [-0.39, 0.29) is 47.6 Å². The number of carbonyl (C=O) groups is 3. The van der Waals surface area contributed by atoms with Crippen LogP contribution in [-0.4, -0.2) is 68.4 Å². The Bertz CT molecular complexity index is 780. The average Bonchev–Trinajstić information content (AvgIpc) is 3.23. The smallest absolute Gasteiger partial charge is 0.274 e. The number of ether oxygens (including phenoxy) is 1. The van der Waals surface area contributed by atoms with Crippen molar-refractivity contribution in [2.75, 3.05) is 13.2 Å². The molecule has 1 aromatic heterocycles. The summed E-state index contributed by atoms with van der Waals surface area (Å²) < 4.78 is 6.11. The predicted molar refractivity (Wildman–Crippen MR) is 88.8 cm³/mol. The van der Waals surface area contributed by atoms with E-state index in [2.05, 4.69) is 23.8 Å². The van der Waals surface area contributed by atoms with Crippen molar-refractivity contribution in [2.24, 2.45) is 11.7 Å². The number of hydrogen-bond acceptors (Lipinski definition) is 6. The van der Waals surface area contributed by atoms with Crippen molar-refractivity contribution in [1.82, 2.24) is 19.8 Å². The molecule has 3 atom stereocenters. The van der Waals surface area contributed by atoms with Crippen molar-refractivity contribution in [3.63, 3.8) is 0 Å². The summed E-state index contributed by atoms with van der Waals surface area (Å²) in [5, 5.41) is 0. The van der Waals surface area contributed by atoms with Crippen LogP contribution in [0.2, 0.25) is 0 Å². The molecule has 0 radical (unpaired) electrons. The third-order valence-corrected chi connectivity index (χ3v) is 5.64. The molecule has 1 aromatic rings. The molecule has 4 rings (SSSR count). The fourth-order valence-electron chi connectivity index (χ4n) is 4.33. The minimum absolute atomic E-state index is 0.000521. The standard InChI is InChI=1S/C17H21N5O4/c1-9(2)12-8-26-17-3-4-21(13(17)5-14(23)22(12)17)16(25)11-7-19-10(6-20-11)15(18)24/h6-7,9,12-13H,3-5,8H2,1-2H3,(H2,18,24)/t12-,13+,17-/m0/s1. The van der Waals surface area contributed by atoms with E-state index in [1.807, 2.05) is 4.90 Å². The molecule has 4 heterocycles. The van der Waals surface area contributed by atoms with Crippen molar-refractivity contribution in [1.29, 1.82) is 0 Å². The van der Waals surface area contributed by atoms with Crippen LogP contribution < -0.4 is 5.73 Å². The van der Waals surface area contributed by atoms with Gasteiger partial charge in [0.2, 0.25) is 5.91 Å². The molecule has 0 bridgehead atoms. The van der Waals surface area contributed by atoms with E-state index in [0.29, 0.717) is 19.6 Å². The van der Waals surface area contributed by atoms with E-state index in [9.17, 15) is 14.4 Å². The summed E-state index contributed by atoms with van der Waals surface area (Å²) in [4.78, 5) is 48.0. The van der Waals surface area contributed by atoms with Crippen LogP contribution in [0.3, 0.4) is 0 Å². The topological polar surface area (TPSA) is 119 Å². The molecule has 0 unspecified atom stereocenters. The van der Waals surface area contributed by atoms with E-state index in [4.69, 9.17) is 10.5 Å². The SMILES string of the molecule is CC(C)[C@@H]1CO[C@@]23CCN(C(=O)c4cnc(C(N)=O)cn4)[C@@H]2CC(=O)N13. The molecule has 2 N–H and O–H groups in total. The summed E-state index contributed by atoms with van der Waals surface area (Å²) in [5.74, 6) is -0.706. The molecule has 3 amide bonds. The van der Waals surface area contributed by atoms with Gasteiger partial charge in [-0.1, -0.05) is 13.8 Å². The average molecular weight is 359 g/mol. The number of primary amides is 1. The highest BCUT2D eigenvalue weighted by molar-refractivity contribution is 5.95. The number of aromatic nitrogens is 2. The fraction of sp³-hybridized carbons (Fsp3) is 0.588. The molecular weight excluding hydrogens is 338 g/mol. The van der Waals surface area contributed by atoms with Crippen LogP contribution in [-0.2, 0) is 9.53 Å². The zero-order chi connectivity index (χ0) is 18.6. The largest absolute Gasteiger partial charge is 0.364 e. The number of nitrogens with two attached hydrogens (primary N) is 1. The van der Waals surface area contributed by atoms with Crippen molar-refractivity contribution in [3.05, 3.63) is 23.8 Å². The van der Waals surface area contributed by atoms with Gasteiger partial charge < -0.3 is 20.3 Å². The summed E-state index contributed by atoms with van der Waals surface area (Å²) >= 11 is 0. The minimum atomic E-state index is -0.720. The molecule has 0 saturated carbocycles. The highest BCUT2D eigenvalue weighted by atomic mass is 16.5. The van der Waals surface area contributed by atoms with E-state index >= 15 is 0 Å². The maximum absolute atomic E-state index is 12.9. The molecular formula is C17H21N5O4. The van der Waals surface area contributed by atoms with E-state index in [1.165, 1.54) is 12.4 Å². The predicted octanol–water partition coefficient (Wildman–Crippen LogP) is -0.227. The monoisotopic (exact) mass is 359 g/mol. The van der Waals surface area contributed by atoms with Crippen molar-refractivity contribution >= 4 is 17.7 Å². The molecule has 3 saturated heterocycles. The minimum Gasteiger partial charge on any atom is -0.364 e. The van der Waals surface area contributed by atoms with Gasteiger partial charge in [-0.25, -0.2) is 9.97 Å². The van der Waals surface area contributed by atoms with Crippen LogP contribution in [0.15, 0.2) is 12.4 Å². The lowest BCUT2D eigenvalue weighted by Crippen LogP contribution is -2.51. The van der Waals surface area contributed by atoms with Gasteiger partial charge in [-0.05, 0) is 5.92 Å². The van der Waals surface area contributed by atoms with E-state index in [0.717, 1.165) is 0 Å². The molecule has 0 aromatic carbocycles. The Morgan fingerprint density at radius 3 is 2.62 bits per heavy atom. The fourth-order valence-corrected chi connectivity index (χ4v) is 4.33. The Kier molecular flexibility index (Phi) is 3.72. The number of carbonyl (C=O) groups excluding carboxylic acids is 3. The summed E-state index contributed by atoms with van der Waals surface area (Å²) in [7, 11) is 0. The molecule has 3 fully saturated rings. The zero-order valence-electron chi connectivity index (χ0n) is 14.7. The van der Waals surface area contributed by atoms with Crippen molar-refractivity contribution in [2.45, 2.75) is 44.5 Å². The lowest BCUT2D eigenvalue weighted by atomic mass is 10.0. The molecule has 138 valence electrons. The second-order valence-corrected chi connectivity index (χ2v) is 7.35. The Labute approximate surface area is 150 Å². The van der Waals surface area contributed by atoms with Crippen molar-refractivity contribution < 1.29 is 19.1 Å². The second kappa shape index (κ2) is 5.73. The molecule has 0 aliphatic carbocycles. The normalized spacial score (nSPS) is 30.0. The summed E-state index contributed by atoms with van der Waals surface area (Å²) in [6.45, 7) is 5.12. The second-order valence-electron chi connectivity index (χ2n) is 7.35. The highest BCUT2D eigenvalue weighted by Gasteiger charge is 2.65. The van der Waals surface area contributed by atoms with Gasteiger partial charge in [0.15, 0.2) is 5.72 Å². The van der Waals surface area contributed by atoms with Gasteiger partial charge in [-0.3, -0.25) is 14.4 Å². The number of amides is 3. The van der Waals surface area contributed by atoms with Crippen LogP contribution in [0.1, 0.15) is 47.7 Å². The first-order valence-electron chi connectivity index (χ1n) is 8.74. The number of rotatable bonds is 3. The molecule has 1 spiro atoms. The highest BCUT2D eigenvalue weighted by Crippen LogP contribution is 2.49. The van der Waals surface area contributed by atoms with Gasteiger partial charge in [-0.15, -0.1) is 0 Å². The van der Waals surface area contributed by atoms with Crippen LogP contribution in [0.4, 0.5) is 0 Å². The lowest BCUT2D eigenvalue weighted by molar-refractivity contribution is -0.139. The summed E-state index contributed by atoms with van der Waals surface area (Å²) in [5.41, 5.74) is 4.55. The Balaban J connectivity index is 1.60. The van der Waals surface area contributed by atoms with Gasteiger partial charge in [0, 0.05) is 13.0 Å². The lowest BCUT2D eigenvalue weighted by Gasteiger charge is -2.34.